The molecule has 0 aliphatic carbocycles. The van der Waals surface area contributed by atoms with Crippen molar-refractivity contribution in [1.82, 2.24) is 4.90 Å². The van der Waals surface area contributed by atoms with E-state index in [1.54, 1.807) is 17.2 Å². The molecule has 0 aromatic carbocycles. The number of amides is 1. The summed E-state index contributed by atoms with van der Waals surface area (Å²) in [5, 5.41) is 10.2. The van der Waals surface area contributed by atoms with Crippen molar-refractivity contribution in [2.75, 3.05) is 6.54 Å². The number of carbonyl (C=O) groups excluding carboxylic acids is 1. The quantitative estimate of drug-likeness (QED) is 0.366. The maximum absolute atomic E-state index is 12.8. The van der Waals surface area contributed by atoms with Gasteiger partial charge >= 0.3 is 0 Å². The highest BCUT2D eigenvalue weighted by atomic mass is 28.3. The number of unbranched alkanes of at least 4 members (excludes halogenated alkanes) is 1. The third-order valence-electron chi connectivity index (χ3n) is 3.50. The molecule has 6 heteroatoms. The molecule has 0 heterocycles. The summed E-state index contributed by atoms with van der Waals surface area (Å²) in [6, 6.07) is -0.307. The van der Waals surface area contributed by atoms with E-state index in [4.69, 9.17) is 5.73 Å². The van der Waals surface area contributed by atoms with Gasteiger partial charge in [-0.05, 0) is 32.8 Å². The molecule has 0 fully saturated rings. The number of nitrogens with zero attached hydrogens (tertiary/aromatic N) is 2. The molecule has 0 aromatic rings. The van der Waals surface area contributed by atoms with Gasteiger partial charge in [-0.2, -0.15) is 0 Å². The first kappa shape index (κ1) is 24.4. The summed E-state index contributed by atoms with van der Waals surface area (Å²) in [5.74, 6) is 3.30. The molecule has 5 nitrogen and oxygen atoms in total. The highest BCUT2D eigenvalue weighted by Crippen LogP contribution is 2.16. The van der Waals surface area contributed by atoms with Crippen molar-refractivity contribution in [3.05, 3.63) is 11.9 Å². The van der Waals surface area contributed by atoms with Crippen LogP contribution < -0.4 is 5.73 Å². The highest BCUT2D eigenvalue weighted by Gasteiger charge is 2.32. The second-order valence-corrected chi connectivity index (χ2v) is 12.8. The standard InChI is InChI=1S/C20H37N3O2Si/c1-8-10-14-23(19(24)20(3,4)25)17(12-11-15-26(5,6)7)16-18(21)22-13-9-2/h13,16-17,25H,8-10,12,14,21H2,1-7H3/b18-16?,22-13-. The van der Waals surface area contributed by atoms with Crippen LogP contribution in [0.15, 0.2) is 16.9 Å². The van der Waals surface area contributed by atoms with Crippen molar-refractivity contribution in [2.24, 2.45) is 10.7 Å². The van der Waals surface area contributed by atoms with E-state index in [-0.39, 0.29) is 11.9 Å². The first-order chi connectivity index (χ1) is 11.9. The van der Waals surface area contributed by atoms with Gasteiger partial charge in [0, 0.05) is 19.2 Å². The molecule has 148 valence electrons. The van der Waals surface area contributed by atoms with Gasteiger partial charge in [0.25, 0.3) is 5.91 Å². The third kappa shape index (κ3) is 10.4. The molecule has 1 unspecified atom stereocenters. The summed E-state index contributed by atoms with van der Waals surface area (Å²) in [5.41, 5.74) is 7.92. The fourth-order valence-electron chi connectivity index (χ4n) is 2.21. The Morgan fingerprint density at radius 3 is 2.42 bits per heavy atom. The van der Waals surface area contributed by atoms with E-state index >= 15 is 0 Å². The Labute approximate surface area is 160 Å². The van der Waals surface area contributed by atoms with Gasteiger partial charge in [-0.25, -0.2) is 4.99 Å². The van der Waals surface area contributed by atoms with E-state index < -0.39 is 13.7 Å². The zero-order valence-corrected chi connectivity index (χ0v) is 18.6. The largest absolute Gasteiger partial charge is 0.384 e. The first-order valence-electron chi connectivity index (χ1n) is 9.45. The highest BCUT2D eigenvalue weighted by molar-refractivity contribution is 6.83. The summed E-state index contributed by atoms with van der Waals surface area (Å²) >= 11 is 0. The molecule has 26 heavy (non-hydrogen) atoms. The normalized spacial score (nSPS) is 14.1. The number of nitrogens with two attached hydrogens (primary N) is 1. The predicted molar refractivity (Wildman–Crippen MR) is 113 cm³/mol. The van der Waals surface area contributed by atoms with Crippen LogP contribution in [0.4, 0.5) is 0 Å². The lowest BCUT2D eigenvalue weighted by Crippen LogP contribution is -2.50. The summed E-state index contributed by atoms with van der Waals surface area (Å²) < 4.78 is 0. The zero-order chi connectivity index (χ0) is 20.4. The lowest BCUT2D eigenvalue weighted by molar-refractivity contribution is -0.149. The molecule has 0 saturated heterocycles. The fourth-order valence-corrected chi connectivity index (χ4v) is 2.85. The Bertz CT molecular complexity index is 560. The lowest BCUT2D eigenvalue weighted by atomic mass is 10.0. The fraction of sp³-hybridized carbons (Fsp3) is 0.700. The van der Waals surface area contributed by atoms with Gasteiger partial charge in [-0.3, -0.25) is 4.79 Å². The Morgan fingerprint density at radius 2 is 1.96 bits per heavy atom. The second-order valence-electron chi connectivity index (χ2n) is 8.05. The molecule has 0 aliphatic rings. The number of aliphatic hydroxyl groups is 1. The topological polar surface area (TPSA) is 78.9 Å². The molecule has 1 amide bonds. The molecule has 0 bridgehead atoms. The predicted octanol–water partition coefficient (Wildman–Crippen LogP) is 3.31. The van der Waals surface area contributed by atoms with Gasteiger partial charge in [0.05, 0.1) is 6.04 Å². The van der Waals surface area contributed by atoms with Crippen molar-refractivity contribution in [2.45, 2.75) is 84.7 Å². The SMILES string of the molecule is CC/C=N\C(N)=CC(CC#C[Si](C)(C)C)N(CCCC)C(=O)C(C)(C)O. The Balaban J connectivity index is 5.79. The van der Waals surface area contributed by atoms with E-state index in [2.05, 4.69) is 43.0 Å². The number of carbonyl (C=O) groups is 1. The van der Waals surface area contributed by atoms with Crippen molar-refractivity contribution in [1.29, 1.82) is 0 Å². The van der Waals surface area contributed by atoms with Gasteiger partial charge in [-0.1, -0.05) is 39.9 Å². The minimum Gasteiger partial charge on any atom is -0.384 e. The van der Waals surface area contributed by atoms with Crippen LogP contribution in [-0.2, 0) is 4.79 Å². The van der Waals surface area contributed by atoms with Crippen LogP contribution in [0.25, 0.3) is 0 Å². The second kappa shape index (κ2) is 11.2. The molecule has 1 atom stereocenters. The number of hydrogen-bond acceptors (Lipinski definition) is 4. The third-order valence-corrected chi connectivity index (χ3v) is 4.42. The van der Waals surface area contributed by atoms with Crippen LogP contribution in [-0.4, -0.2) is 48.4 Å². The monoisotopic (exact) mass is 379 g/mol. The van der Waals surface area contributed by atoms with Crippen LogP contribution in [0.3, 0.4) is 0 Å². The molecule has 0 aliphatic heterocycles. The van der Waals surface area contributed by atoms with Crippen molar-refractivity contribution < 1.29 is 9.90 Å². The van der Waals surface area contributed by atoms with Crippen LogP contribution in [0.1, 0.15) is 53.4 Å². The smallest absolute Gasteiger partial charge is 0.254 e. The van der Waals surface area contributed by atoms with Gasteiger partial charge < -0.3 is 15.7 Å². The summed E-state index contributed by atoms with van der Waals surface area (Å²) in [4.78, 5) is 18.7. The van der Waals surface area contributed by atoms with Gasteiger partial charge in [0.2, 0.25) is 0 Å². The Kier molecular flexibility index (Phi) is 10.5. The van der Waals surface area contributed by atoms with Gasteiger partial charge in [0.1, 0.15) is 19.5 Å². The Morgan fingerprint density at radius 1 is 1.35 bits per heavy atom. The van der Waals surface area contributed by atoms with Crippen LogP contribution in [0.2, 0.25) is 19.6 Å². The van der Waals surface area contributed by atoms with E-state index in [0.29, 0.717) is 18.8 Å². The molecule has 0 rings (SSSR count). The maximum atomic E-state index is 12.8. The van der Waals surface area contributed by atoms with Crippen molar-refractivity contribution in [3.8, 4) is 11.5 Å². The van der Waals surface area contributed by atoms with E-state index in [9.17, 15) is 9.90 Å². The van der Waals surface area contributed by atoms with Gasteiger partial charge in [0.15, 0.2) is 0 Å². The molecule has 0 radical (unpaired) electrons. The minimum atomic E-state index is -1.50. The van der Waals surface area contributed by atoms with E-state index in [0.717, 1.165) is 19.3 Å². The lowest BCUT2D eigenvalue weighted by Gasteiger charge is -2.33. The van der Waals surface area contributed by atoms with Crippen molar-refractivity contribution in [3.63, 3.8) is 0 Å². The van der Waals surface area contributed by atoms with E-state index in [1.165, 1.54) is 13.8 Å². The van der Waals surface area contributed by atoms with E-state index in [1.807, 2.05) is 6.92 Å². The summed E-state index contributed by atoms with van der Waals surface area (Å²) in [6.07, 6.45) is 6.60. The summed E-state index contributed by atoms with van der Waals surface area (Å²) in [7, 11) is -1.50. The number of aliphatic imine (C=N–C) groups is 1. The Hall–Kier alpha value is -1.58. The number of rotatable bonds is 9. The maximum Gasteiger partial charge on any atom is 0.254 e. The first-order valence-corrected chi connectivity index (χ1v) is 13.0. The van der Waals surface area contributed by atoms with Crippen LogP contribution in [0.5, 0.6) is 0 Å². The summed E-state index contributed by atoms with van der Waals surface area (Å²) in [6.45, 7) is 14.2. The van der Waals surface area contributed by atoms with Gasteiger partial charge in [-0.15, -0.1) is 11.5 Å². The zero-order valence-electron chi connectivity index (χ0n) is 17.6. The molecule has 0 saturated carbocycles. The molecular weight excluding hydrogens is 342 g/mol. The molecular formula is C20H37N3O2Si. The molecule has 3 N–H and O–H groups in total. The minimum absolute atomic E-state index is 0.307. The molecule has 0 spiro atoms. The van der Waals surface area contributed by atoms with Crippen LogP contribution >= 0.6 is 0 Å². The molecule has 0 aromatic heterocycles. The van der Waals surface area contributed by atoms with Crippen LogP contribution in [0, 0.1) is 11.5 Å². The number of hydrogen-bond donors (Lipinski definition) is 2. The average molecular weight is 380 g/mol. The van der Waals surface area contributed by atoms with Crippen molar-refractivity contribution >= 4 is 20.2 Å². The average Bonchev–Trinajstić information content (AvgIpc) is 2.50.